The van der Waals surface area contributed by atoms with Gasteiger partial charge in [0.25, 0.3) is 0 Å². The molecular weight excluding hydrogens is 355 g/mol. The molecule has 0 aromatic carbocycles. The number of anilines is 1. The van der Waals surface area contributed by atoms with Crippen LogP contribution in [0.5, 0.6) is 0 Å². The Bertz CT molecular complexity index is 625. The molecule has 0 radical (unpaired) electrons. The Balaban J connectivity index is 0.00000242. The second kappa shape index (κ2) is 9.39. The number of ether oxygens (including phenoxy) is 1. The fourth-order valence-electron chi connectivity index (χ4n) is 1.88. The number of aliphatic hydroxyl groups is 2. The molecule has 1 aliphatic rings. The number of nitrogens with zero attached hydrogens (tertiary/aromatic N) is 2. The Morgan fingerprint density at radius 2 is 2.00 bits per heavy atom. The molecule has 14 heteroatoms. The molecule has 118 valence electrons. The number of nitrogen functional groups attached to an aromatic ring is 1. The van der Waals surface area contributed by atoms with Gasteiger partial charge in [-0.1, -0.05) is 0 Å². The SMILES string of the molecule is Nc1ccn([C@@H]2O[C@H](COP(=O)([O-])[O-])[C@H](O)[C@H]2O)c(=O)n1.[Na+].[Na+]. The summed E-state index contributed by atoms with van der Waals surface area (Å²) in [4.78, 5) is 35.8. The first kappa shape index (κ1) is 23.7. The van der Waals surface area contributed by atoms with E-state index in [1.165, 1.54) is 12.3 Å². The van der Waals surface area contributed by atoms with Crippen LogP contribution in [0.1, 0.15) is 6.23 Å². The molecule has 1 fully saturated rings. The number of hydrogen-bond donors (Lipinski definition) is 3. The van der Waals surface area contributed by atoms with Gasteiger partial charge in [-0.2, -0.15) is 4.98 Å². The van der Waals surface area contributed by atoms with Gasteiger partial charge in [-0.25, -0.2) is 4.79 Å². The Labute approximate surface area is 174 Å². The summed E-state index contributed by atoms with van der Waals surface area (Å²) in [6, 6.07) is 1.27. The van der Waals surface area contributed by atoms with Crippen LogP contribution in [0.2, 0.25) is 0 Å². The van der Waals surface area contributed by atoms with Crippen molar-refractivity contribution in [3.63, 3.8) is 0 Å². The number of hydrogen-bond acceptors (Lipinski definition) is 10. The van der Waals surface area contributed by atoms with Crippen molar-refractivity contribution in [2.24, 2.45) is 0 Å². The molecule has 4 atom stereocenters. The van der Waals surface area contributed by atoms with E-state index >= 15 is 0 Å². The molecule has 0 spiro atoms. The van der Waals surface area contributed by atoms with E-state index in [1.807, 2.05) is 0 Å². The van der Waals surface area contributed by atoms with E-state index in [0.717, 1.165) is 4.57 Å². The summed E-state index contributed by atoms with van der Waals surface area (Å²) in [7, 11) is -5.24. The smallest absolute Gasteiger partial charge is 0.790 e. The first-order chi connectivity index (χ1) is 9.69. The standard InChI is InChI=1S/C9H14N3O8P.2Na/c10-5-1-2-12(9(15)11-5)8-7(14)6(13)4(20-8)3-19-21(16,17)18;;/h1-2,4,6-8,13-14H,3H2,(H2,10,11,15)(H2,16,17,18);;/q;2*+1/p-2/t4-,6+,7-,8-;;/m1../s1. The van der Waals surface area contributed by atoms with Gasteiger partial charge >= 0.3 is 64.8 Å². The van der Waals surface area contributed by atoms with E-state index in [-0.39, 0.29) is 64.9 Å². The van der Waals surface area contributed by atoms with Gasteiger partial charge in [0, 0.05) is 6.20 Å². The van der Waals surface area contributed by atoms with E-state index in [9.17, 15) is 29.4 Å². The topological polar surface area (TPSA) is 183 Å². The van der Waals surface area contributed by atoms with Gasteiger partial charge in [-0.3, -0.25) is 4.57 Å². The van der Waals surface area contributed by atoms with Gasteiger partial charge in [0.1, 0.15) is 24.1 Å². The molecular formula is C9H12N3Na2O8P. The molecule has 0 unspecified atom stereocenters. The molecule has 1 aromatic heterocycles. The number of phosphoric acid groups is 1. The van der Waals surface area contributed by atoms with E-state index in [4.69, 9.17) is 10.5 Å². The van der Waals surface area contributed by atoms with Crippen molar-refractivity contribution < 1.29 is 92.9 Å². The number of rotatable bonds is 4. The predicted octanol–water partition coefficient (Wildman–Crippen LogP) is -9.70. The average Bonchev–Trinajstić information content (AvgIpc) is 2.64. The van der Waals surface area contributed by atoms with Crippen LogP contribution in [-0.4, -0.2) is 44.7 Å². The summed E-state index contributed by atoms with van der Waals surface area (Å²) in [5, 5.41) is 19.6. The van der Waals surface area contributed by atoms with Crippen LogP contribution in [0, 0.1) is 0 Å². The molecule has 4 N–H and O–H groups in total. The van der Waals surface area contributed by atoms with E-state index in [2.05, 4.69) is 9.51 Å². The normalized spacial score (nSPS) is 27.1. The number of aliphatic hydroxyl groups excluding tert-OH is 2. The molecule has 0 amide bonds. The Hall–Kier alpha value is 0.670. The number of nitrogens with two attached hydrogens (primary N) is 1. The Morgan fingerprint density at radius 3 is 2.52 bits per heavy atom. The van der Waals surface area contributed by atoms with Gasteiger partial charge in [-0.05, 0) is 6.07 Å². The zero-order chi connectivity index (χ0) is 15.8. The first-order valence-electron chi connectivity index (χ1n) is 5.72. The van der Waals surface area contributed by atoms with Crippen LogP contribution in [-0.2, 0) is 13.8 Å². The van der Waals surface area contributed by atoms with Crippen LogP contribution < -0.4 is 80.3 Å². The summed E-state index contributed by atoms with van der Waals surface area (Å²) in [6.07, 6.45) is -4.51. The van der Waals surface area contributed by atoms with Crippen LogP contribution in [0.15, 0.2) is 17.1 Å². The van der Waals surface area contributed by atoms with Crippen LogP contribution in [0.4, 0.5) is 5.82 Å². The fourth-order valence-corrected chi connectivity index (χ4v) is 2.21. The fraction of sp³-hybridized carbons (Fsp3) is 0.556. The number of aromatic nitrogens is 2. The molecule has 1 aromatic rings. The third kappa shape index (κ3) is 6.15. The van der Waals surface area contributed by atoms with Gasteiger partial charge in [0.05, 0.1) is 14.4 Å². The zero-order valence-electron chi connectivity index (χ0n) is 12.4. The summed E-state index contributed by atoms with van der Waals surface area (Å²) in [5.74, 6) is -0.0391. The third-order valence-corrected chi connectivity index (χ3v) is 3.33. The van der Waals surface area contributed by atoms with Crippen molar-refractivity contribution in [1.29, 1.82) is 0 Å². The zero-order valence-corrected chi connectivity index (χ0v) is 17.3. The molecule has 1 saturated heterocycles. The van der Waals surface area contributed by atoms with Gasteiger partial charge in [0.2, 0.25) is 0 Å². The monoisotopic (exact) mass is 367 g/mol. The van der Waals surface area contributed by atoms with Crippen molar-refractivity contribution in [3.8, 4) is 0 Å². The second-order valence-electron chi connectivity index (χ2n) is 4.33. The molecule has 2 rings (SSSR count). The van der Waals surface area contributed by atoms with Gasteiger partial charge < -0.3 is 39.6 Å². The van der Waals surface area contributed by atoms with Crippen LogP contribution in [0.25, 0.3) is 0 Å². The third-order valence-electron chi connectivity index (χ3n) is 2.86. The molecule has 2 heterocycles. The first-order valence-corrected chi connectivity index (χ1v) is 7.18. The maximum absolute atomic E-state index is 11.6. The molecule has 11 nitrogen and oxygen atoms in total. The van der Waals surface area contributed by atoms with E-state index in [0.29, 0.717) is 0 Å². The summed E-state index contributed by atoms with van der Waals surface area (Å²) in [5.41, 5.74) is 4.49. The molecule has 23 heavy (non-hydrogen) atoms. The minimum absolute atomic E-state index is 0. The summed E-state index contributed by atoms with van der Waals surface area (Å²) in [6.45, 7) is -0.782. The van der Waals surface area contributed by atoms with Crippen molar-refractivity contribution in [2.75, 3.05) is 12.3 Å². The summed E-state index contributed by atoms with van der Waals surface area (Å²) >= 11 is 0. The van der Waals surface area contributed by atoms with E-state index < -0.39 is 44.7 Å². The van der Waals surface area contributed by atoms with Crippen LogP contribution in [0.3, 0.4) is 0 Å². The minimum Gasteiger partial charge on any atom is -0.790 e. The average molecular weight is 367 g/mol. The Kier molecular flexibility index (Phi) is 9.66. The quantitative estimate of drug-likeness (QED) is 0.341. The van der Waals surface area contributed by atoms with Crippen molar-refractivity contribution in [3.05, 3.63) is 22.7 Å². The van der Waals surface area contributed by atoms with Crippen molar-refractivity contribution in [2.45, 2.75) is 24.5 Å². The Morgan fingerprint density at radius 1 is 1.39 bits per heavy atom. The maximum Gasteiger partial charge on any atom is 1.00 e. The molecule has 0 aliphatic carbocycles. The molecule has 0 saturated carbocycles. The summed E-state index contributed by atoms with van der Waals surface area (Å²) < 4.78 is 20.4. The molecule has 0 bridgehead atoms. The van der Waals surface area contributed by atoms with Crippen molar-refractivity contribution in [1.82, 2.24) is 9.55 Å². The van der Waals surface area contributed by atoms with Crippen molar-refractivity contribution >= 4 is 13.6 Å². The predicted molar refractivity (Wildman–Crippen MR) is 62.4 cm³/mol. The minimum atomic E-state index is -5.24. The molecule has 1 aliphatic heterocycles. The largest absolute Gasteiger partial charge is 1.00 e. The van der Waals surface area contributed by atoms with E-state index in [1.54, 1.807) is 0 Å². The van der Waals surface area contributed by atoms with Gasteiger partial charge in [0.15, 0.2) is 6.23 Å². The maximum atomic E-state index is 11.6. The van der Waals surface area contributed by atoms with Crippen LogP contribution >= 0.6 is 7.82 Å². The van der Waals surface area contributed by atoms with Gasteiger partial charge in [-0.15, -0.1) is 0 Å². The second-order valence-corrected chi connectivity index (χ2v) is 5.48. The number of phosphoric ester groups is 1.